The lowest BCUT2D eigenvalue weighted by Crippen LogP contribution is -2.42. The molecule has 1 aliphatic carbocycles. The third kappa shape index (κ3) is 1.38. The molecular weight excluding hydrogens is 276 g/mol. The van der Waals surface area contributed by atoms with E-state index in [0.29, 0.717) is 17.3 Å². The number of aromatic hydroxyl groups is 2. The van der Waals surface area contributed by atoms with Crippen molar-refractivity contribution in [1.29, 1.82) is 0 Å². The third-order valence-corrected chi connectivity index (χ3v) is 3.86. The Balaban J connectivity index is 2.63. The molecule has 0 aliphatic heterocycles. The summed E-state index contributed by atoms with van der Waals surface area (Å²) in [6, 6.07) is 2.88. The lowest BCUT2D eigenvalue weighted by molar-refractivity contribution is -0.147. The summed E-state index contributed by atoms with van der Waals surface area (Å²) in [6.45, 7) is 0. The first kappa shape index (κ1) is 11.3. The van der Waals surface area contributed by atoms with Crippen molar-refractivity contribution in [2.45, 2.75) is 24.7 Å². The maximum absolute atomic E-state index is 11.3. The molecule has 0 radical (unpaired) electrons. The van der Waals surface area contributed by atoms with E-state index in [-0.39, 0.29) is 17.1 Å². The molecule has 0 atom stereocenters. The van der Waals surface area contributed by atoms with Crippen LogP contribution in [-0.4, -0.2) is 21.3 Å². The molecular formula is C11H11BrO4. The molecule has 0 heterocycles. The van der Waals surface area contributed by atoms with Crippen molar-refractivity contribution >= 4 is 21.9 Å². The largest absolute Gasteiger partial charge is 0.504 e. The topological polar surface area (TPSA) is 77.8 Å². The average molecular weight is 287 g/mol. The highest BCUT2D eigenvalue weighted by Gasteiger charge is 2.49. The summed E-state index contributed by atoms with van der Waals surface area (Å²) in [7, 11) is 0. The number of rotatable bonds is 2. The number of carboxylic acid groups (broad SMARTS) is 1. The lowest BCUT2D eigenvalue weighted by Gasteiger charge is -2.39. The van der Waals surface area contributed by atoms with Crippen molar-refractivity contribution in [3.05, 3.63) is 22.2 Å². The first-order valence-electron chi connectivity index (χ1n) is 4.93. The Labute approximate surface area is 101 Å². The number of carbonyl (C=O) groups is 1. The molecule has 0 saturated heterocycles. The smallest absolute Gasteiger partial charge is 0.314 e. The molecule has 1 fully saturated rings. The number of carboxylic acids is 1. The monoisotopic (exact) mass is 286 g/mol. The standard InChI is InChI=1S/C11H11BrO4/c12-6-2-3-7(13)9(14)8(6)11(10(15)16)4-1-5-11/h2-3,13-14H,1,4-5H2,(H,15,16). The second-order valence-electron chi connectivity index (χ2n) is 4.03. The highest BCUT2D eigenvalue weighted by molar-refractivity contribution is 9.10. The van der Waals surface area contributed by atoms with Crippen molar-refractivity contribution in [2.24, 2.45) is 0 Å². The molecule has 0 spiro atoms. The van der Waals surface area contributed by atoms with Crippen LogP contribution in [0.1, 0.15) is 24.8 Å². The molecule has 1 aliphatic rings. The Morgan fingerprint density at radius 2 is 1.94 bits per heavy atom. The van der Waals surface area contributed by atoms with Gasteiger partial charge in [0.25, 0.3) is 0 Å². The predicted molar refractivity (Wildman–Crippen MR) is 60.6 cm³/mol. The Bertz CT molecular complexity index is 452. The van der Waals surface area contributed by atoms with Crippen LogP contribution in [0.2, 0.25) is 0 Å². The summed E-state index contributed by atoms with van der Waals surface area (Å²) in [5.41, 5.74) is -0.770. The Kier molecular flexibility index (Phi) is 2.58. The summed E-state index contributed by atoms with van der Waals surface area (Å²) in [6.07, 6.45) is 1.78. The van der Waals surface area contributed by atoms with Crippen LogP contribution in [0.3, 0.4) is 0 Å². The predicted octanol–water partition coefficient (Wildman–Crippen LogP) is 2.37. The summed E-state index contributed by atoms with van der Waals surface area (Å²) < 4.78 is 0.518. The number of halogens is 1. The van der Waals surface area contributed by atoms with Gasteiger partial charge in [-0.2, -0.15) is 0 Å². The number of phenols is 2. The van der Waals surface area contributed by atoms with Crippen LogP contribution in [0.15, 0.2) is 16.6 Å². The number of hydrogen-bond acceptors (Lipinski definition) is 3. The van der Waals surface area contributed by atoms with Crippen molar-refractivity contribution in [3.63, 3.8) is 0 Å². The van der Waals surface area contributed by atoms with Crippen LogP contribution in [-0.2, 0) is 10.2 Å². The molecule has 1 aromatic rings. The van der Waals surface area contributed by atoms with Crippen LogP contribution in [0.4, 0.5) is 0 Å². The quantitative estimate of drug-likeness (QED) is 0.730. The summed E-state index contributed by atoms with van der Waals surface area (Å²) in [5, 5.41) is 28.5. The molecule has 0 amide bonds. The minimum Gasteiger partial charge on any atom is -0.504 e. The average Bonchev–Trinajstić information content (AvgIpc) is 2.15. The Hall–Kier alpha value is -1.23. The first-order valence-corrected chi connectivity index (χ1v) is 5.72. The SMILES string of the molecule is O=C(O)C1(c2c(Br)ccc(O)c2O)CCC1. The maximum Gasteiger partial charge on any atom is 0.314 e. The number of aliphatic carboxylic acids is 1. The Morgan fingerprint density at radius 1 is 1.31 bits per heavy atom. The van der Waals surface area contributed by atoms with Gasteiger partial charge in [-0.05, 0) is 25.0 Å². The van der Waals surface area contributed by atoms with Crippen LogP contribution < -0.4 is 0 Å². The van der Waals surface area contributed by atoms with E-state index in [1.165, 1.54) is 6.07 Å². The Morgan fingerprint density at radius 3 is 2.38 bits per heavy atom. The number of phenolic OH excluding ortho intramolecular Hbond substituents is 2. The van der Waals surface area contributed by atoms with Gasteiger partial charge in [-0.25, -0.2) is 0 Å². The van der Waals surface area contributed by atoms with E-state index >= 15 is 0 Å². The van der Waals surface area contributed by atoms with Gasteiger partial charge in [-0.15, -0.1) is 0 Å². The van der Waals surface area contributed by atoms with Crippen molar-refractivity contribution in [3.8, 4) is 11.5 Å². The summed E-state index contributed by atoms with van der Waals surface area (Å²) in [4.78, 5) is 11.3. The zero-order valence-electron chi connectivity index (χ0n) is 8.40. The summed E-state index contributed by atoms with van der Waals surface area (Å²) >= 11 is 3.23. The van der Waals surface area contributed by atoms with E-state index in [2.05, 4.69) is 15.9 Å². The fourth-order valence-corrected chi connectivity index (χ4v) is 2.81. The molecule has 16 heavy (non-hydrogen) atoms. The molecule has 1 aromatic carbocycles. The van der Waals surface area contributed by atoms with E-state index in [1.54, 1.807) is 6.07 Å². The van der Waals surface area contributed by atoms with Gasteiger partial charge in [-0.1, -0.05) is 22.4 Å². The maximum atomic E-state index is 11.3. The zero-order valence-corrected chi connectivity index (χ0v) is 9.99. The second kappa shape index (κ2) is 3.66. The fourth-order valence-electron chi connectivity index (χ4n) is 2.11. The molecule has 4 nitrogen and oxygen atoms in total. The van der Waals surface area contributed by atoms with Gasteiger partial charge in [0.2, 0.25) is 0 Å². The molecule has 5 heteroatoms. The van der Waals surface area contributed by atoms with E-state index in [0.717, 1.165) is 6.42 Å². The third-order valence-electron chi connectivity index (χ3n) is 3.20. The molecule has 2 rings (SSSR count). The molecule has 0 aromatic heterocycles. The van der Waals surface area contributed by atoms with E-state index in [9.17, 15) is 20.1 Å². The molecule has 0 unspecified atom stereocenters. The van der Waals surface area contributed by atoms with Gasteiger partial charge in [0.05, 0.1) is 5.41 Å². The van der Waals surface area contributed by atoms with Gasteiger partial charge in [-0.3, -0.25) is 4.79 Å². The van der Waals surface area contributed by atoms with Gasteiger partial charge < -0.3 is 15.3 Å². The lowest BCUT2D eigenvalue weighted by atomic mass is 9.64. The van der Waals surface area contributed by atoms with Crippen LogP contribution >= 0.6 is 15.9 Å². The minimum absolute atomic E-state index is 0.284. The fraction of sp³-hybridized carbons (Fsp3) is 0.364. The van der Waals surface area contributed by atoms with Crippen LogP contribution in [0, 0.1) is 0 Å². The molecule has 1 saturated carbocycles. The van der Waals surface area contributed by atoms with Crippen LogP contribution in [0.5, 0.6) is 11.5 Å². The van der Waals surface area contributed by atoms with Gasteiger partial charge >= 0.3 is 5.97 Å². The highest BCUT2D eigenvalue weighted by Crippen LogP contribution is 2.51. The molecule has 3 N–H and O–H groups in total. The van der Waals surface area contributed by atoms with E-state index < -0.39 is 11.4 Å². The van der Waals surface area contributed by atoms with Gasteiger partial charge in [0.1, 0.15) is 0 Å². The molecule has 0 bridgehead atoms. The normalized spacial score (nSPS) is 17.8. The molecule has 86 valence electrons. The number of benzene rings is 1. The first-order chi connectivity index (χ1) is 7.49. The van der Waals surface area contributed by atoms with Crippen molar-refractivity contribution in [1.82, 2.24) is 0 Å². The van der Waals surface area contributed by atoms with E-state index in [1.807, 2.05) is 0 Å². The zero-order chi connectivity index (χ0) is 11.9. The van der Waals surface area contributed by atoms with Gasteiger partial charge in [0, 0.05) is 10.0 Å². The minimum atomic E-state index is -1.05. The number of hydrogen-bond donors (Lipinski definition) is 3. The second-order valence-corrected chi connectivity index (χ2v) is 4.89. The van der Waals surface area contributed by atoms with Crippen molar-refractivity contribution in [2.75, 3.05) is 0 Å². The highest BCUT2D eigenvalue weighted by atomic mass is 79.9. The summed E-state index contributed by atoms with van der Waals surface area (Å²) in [5.74, 6) is -1.58. The van der Waals surface area contributed by atoms with Crippen molar-refractivity contribution < 1.29 is 20.1 Å². The van der Waals surface area contributed by atoms with E-state index in [4.69, 9.17) is 0 Å². The van der Waals surface area contributed by atoms with Crippen LogP contribution in [0.25, 0.3) is 0 Å². The van der Waals surface area contributed by atoms with Gasteiger partial charge in [0.15, 0.2) is 11.5 Å².